The number of hydrogen-bond acceptors (Lipinski definition) is 3. The molecule has 1 heterocycles. The van der Waals surface area contributed by atoms with Crippen LogP contribution < -0.4 is 4.74 Å². The molecule has 0 bridgehead atoms. The zero-order valence-corrected chi connectivity index (χ0v) is 7.39. The van der Waals surface area contributed by atoms with Crippen molar-refractivity contribution in [2.75, 3.05) is 6.61 Å². The highest BCUT2D eigenvalue weighted by atomic mass is 19.1. The standard InChI is InChI=1S/C8H11FN2O/c1-4-12-7-5(2)6(3)10-8(9)11-7/h4H2,1-3H3. The lowest BCUT2D eigenvalue weighted by atomic mass is 10.3. The minimum atomic E-state index is -0.735. The molecule has 0 aliphatic heterocycles. The van der Waals surface area contributed by atoms with E-state index >= 15 is 0 Å². The van der Waals surface area contributed by atoms with Crippen molar-refractivity contribution in [1.82, 2.24) is 9.97 Å². The van der Waals surface area contributed by atoms with E-state index in [1.165, 1.54) is 0 Å². The van der Waals surface area contributed by atoms with E-state index in [0.717, 1.165) is 5.56 Å². The average Bonchev–Trinajstić information content (AvgIpc) is 2.00. The van der Waals surface area contributed by atoms with Crippen molar-refractivity contribution >= 4 is 0 Å². The monoisotopic (exact) mass is 170 g/mol. The second-order valence-corrected chi connectivity index (χ2v) is 2.44. The fourth-order valence-corrected chi connectivity index (χ4v) is 0.847. The van der Waals surface area contributed by atoms with Gasteiger partial charge in [0, 0.05) is 5.56 Å². The third-order valence-electron chi connectivity index (χ3n) is 1.60. The average molecular weight is 170 g/mol. The molecule has 0 atom stereocenters. The number of aryl methyl sites for hydroxylation is 1. The summed E-state index contributed by atoms with van der Waals surface area (Å²) in [5.74, 6) is 0.336. The predicted octanol–water partition coefficient (Wildman–Crippen LogP) is 1.63. The van der Waals surface area contributed by atoms with Gasteiger partial charge in [-0.2, -0.15) is 9.37 Å². The summed E-state index contributed by atoms with van der Waals surface area (Å²) in [6, 6.07) is 0. The van der Waals surface area contributed by atoms with Crippen molar-refractivity contribution in [1.29, 1.82) is 0 Å². The summed E-state index contributed by atoms with van der Waals surface area (Å²) in [6.07, 6.45) is -0.735. The number of nitrogens with zero attached hydrogens (tertiary/aromatic N) is 2. The van der Waals surface area contributed by atoms with Crippen molar-refractivity contribution in [2.24, 2.45) is 0 Å². The lowest BCUT2D eigenvalue weighted by molar-refractivity contribution is 0.314. The molecule has 0 saturated carbocycles. The van der Waals surface area contributed by atoms with Crippen molar-refractivity contribution < 1.29 is 9.13 Å². The Bertz CT molecular complexity index is 289. The molecule has 0 saturated heterocycles. The van der Waals surface area contributed by atoms with Gasteiger partial charge < -0.3 is 4.74 Å². The molecular weight excluding hydrogens is 159 g/mol. The van der Waals surface area contributed by atoms with Crippen LogP contribution in [0.2, 0.25) is 0 Å². The molecule has 3 nitrogen and oxygen atoms in total. The number of ether oxygens (including phenoxy) is 1. The molecule has 0 radical (unpaired) electrons. The minimum Gasteiger partial charge on any atom is -0.478 e. The Labute approximate surface area is 70.6 Å². The van der Waals surface area contributed by atoms with Gasteiger partial charge in [-0.1, -0.05) is 0 Å². The molecule has 4 heteroatoms. The molecule has 1 rings (SSSR count). The first-order chi connectivity index (χ1) is 5.65. The van der Waals surface area contributed by atoms with Gasteiger partial charge >= 0.3 is 6.08 Å². The lowest BCUT2D eigenvalue weighted by Crippen LogP contribution is -2.03. The summed E-state index contributed by atoms with van der Waals surface area (Å²) in [7, 11) is 0. The zero-order valence-electron chi connectivity index (χ0n) is 7.39. The zero-order chi connectivity index (χ0) is 9.14. The molecule has 0 spiro atoms. The van der Waals surface area contributed by atoms with Crippen LogP contribution in [0.4, 0.5) is 4.39 Å². The van der Waals surface area contributed by atoms with Crippen LogP contribution in [-0.2, 0) is 0 Å². The molecule has 66 valence electrons. The molecule has 0 aliphatic carbocycles. The molecule has 1 aromatic rings. The van der Waals surface area contributed by atoms with Gasteiger partial charge in [0.05, 0.1) is 12.3 Å². The normalized spacial score (nSPS) is 10.0. The first kappa shape index (κ1) is 8.90. The maximum absolute atomic E-state index is 12.6. The second-order valence-electron chi connectivity index (χ2n) is 2.44. The second kappa shape index (κ2) is 3.47. The summed E-state index contributed by atoms with van der Waals surface area (Å²) in [5, 5.41) is 0. The Morgan fingerprint density at radius 3 is 2.58 bits per heavy atom. The topological polar surface area (TPSA) is 35.0 Å². The maximum Gasteiger partial charge on any atom is 0.312 e. The van der Waals surface area contributed by atoms with Gasteiger partial charge in [0.15, 0.2) is 0 Å². The van der Waals surface area contributed by atoms with Crippen LogP contribution in [0.25, 0.3) is 0 Å². The van der Waals surface area contributed by atoms with E-state index in [9.17, 15) is 4.39 Å². The van der Waals surface area contributed by atoms with Crippen molar-refractivity contribution in [3.8, 4) is 5.88 Å². The Hall–Kier alpha value is -1.19. The van der Waals surface area contributed by atoms with Gasteiger partial charge in [-0.25, -0.2) is 4.98 Å². The van der Waals surface area contributed by atoms with Crippen molar-refractivity contribution in [2.45, 2.75) is 20.8 Å². The smallest absolute Gasteiger partial charge is 0.312 e. The summed E-state index contributed by atoms with van der Waals surface area (Å²) < 4.78 is 17.7. The minimum absolute atomic E-state index is 0.336. The van der Waals surface area contributed by atoms with Crippen LogP contribution in [0.15, 0.2) is 0 Å². The highest BCUT2D eigenvalue weighted by Gasteiger charge is 2.07. The molecule has 0 unspecified atom stereocenters. The van der Waals surface area contributed by atoms with Gasteiger partial charge in [-0.3, -0.25) is 0 Å². The van der Waals surface area contributed by atoms with E-state index in [1.54, 1.807) is 13.8 Å². The molecule has 0 amide bonds. The molecular formula is C8H11FN2O. The number of halogens is 1. The van der Waals surface area contributed by atoms with E-state index in [1.807, 2.05) is 6.92 Å². The van der Waals surface area contributed by atoms with Crippen LogP contribution in [0.5, 0.6) is 5.88 Å². The van der Waals surface area contributed by atoms with Gasteiger partial charge in [-0.15, -0.1) is 0 Å². The van der Waals surface area contributed by atoms with E-state index < -0.39 is 6.08 Å². The van der Waals surface area contributed by atoms with Gasteiger partial charge in [0.25, 0.3) is 0 Å². The van der Waals surface area contributed by atoms with E-state index in [2.05, 4.69) is 9.97 Å². The third-order valence-corrected chi connectivity index (χ3v) is 1.60. The first-order valence-electron chi connectivity index (χ1n) is 3.78. The summed E-state index contributed by atoms with van der Waals surface area (Å²) in [4.78, 5) is 7.08. The summed E-state index contributed by atoms with van der Waals surface area (Å²) in [5.41, 5.74) is 1.41. The Morgan fingerprint density at radius 1 is 1.33 bits per heavy atom. The SMILES string of the molecule is CCOc1nc(F)nc(C)c1C. The quantitative estimate of drug-likeness (QED) is 0.633. The summed E-state index contributed by atoms with van der Waals surface area (Å²) in [6.45, 7) is 5.84. The Balaban J connectivity index is 3.09. The predicted molar refractivity (Wildman–Crippen MR) is 42.6 cm³/mol. The van der Waals surface area contributed by atoms with Crippen LogP contribution in [0, 0.1) is 19.9 Å². The first-order valence-corrected chi connectivity index (χ1v) is 3.78. The molecule has 0 N–H and O–H groups in total. The largest absolute Gasteiger partial charge is 0.478 e. The lowest BCUT2D eigenvalue weighted by Gasteiger charge is -2.06. The fraction of sp³-hybridized carbons (Fsp3) is 0.500. The number of rotatable bonds is 2. The Morgan fingerprint density at radius 2 is 2.00 bits per heavy atom. The van der Waals surface area contributed by atoms with Crippen LogP contribution in [0.3, 0.4) is 0 Å². The highest BCUT2D eigenvalue weighted by molar-refractivity contribution is 5.26. The molecule has 0 aromatic carbocycles. The number of aromatic nitrogens is 2. The molecule has 1 aromatic heterocycles. The van der Waals surface area contributed by atoms with Crippen LogP contribution in [0.1, 0.15) is 18.2 Å². The Kier molecular flexibility index (Phi) is 2.58. The number of hydrogen-bond donors (Lipinski definition) is 0. The van der Waals surface area contributed by atoms with Crippen molar-refractivity contribution in [3.05, 3.63) is 17.3 Å². The summed E-state index contributed by atoms with van der Waals surface area (Å²) >= 11 is 0. The van der Waals surface area contributed by atoms with E-state index in [4.69, 9.17) is 4.74 Å². The van der Waals surface area contributed by atoms with E-state index in [-0.39, 0.29) is 0 Å². The fourth-order valence-electron chi connectivity index (χ4n) is 0.847. The third kappa shape index (κ3) is 1.69. The maximum atomic E-state index is 12.6. The van der Waals surface area contributed by atoms with Gasteiger partial charge in [0.2, 0.25) is 5.88 Å². The highest BCUT2D eigenvalue weighted by Crippen LogP contribution is 2.16. The van der Waals surface area contributed by atoms with E-state index in [0.29, 0.717) is 18.2 Å². The molecule has 0 fully saturated rings. The molecule has 0 aliphatic rings. The van der Waals surface area contributed by atoms with Gasteiger partial charge in [-0.05, 0) is 20.8 Å². The van der Waals surface area contributed by atoms with Crippen LogP contribution >= 0.6 is 0 Å². The van der Waals surface area contributed by atoms with Crippen LogP contribution in [-0.4, -0.2) is 16.6 Å². The molecule has 12 heavy (non-hydrogen) atoms. The van der Waals surface area contributed by atoms with Gasteiger partial charge in [0.1, 0.15) is 0 Å². The van der Waals surface area contributed by atoms with Crippen molar-refractivity contribution in [3.63, 3.8) is 0 Å².